The number of rotatable bonds is 6. The van der Waals surface area contributed by atoms with Gasteiger partial charge in [-0.25, -0.2) is 8.78 Å². The average Bonchev–Trinajstić information content (AvgIpc) is 2.28. The Balaban J connectivity index is 3.04. The number of hydrogen-bond acceptors (Lipinski definition) is 3. The Kier molecular flexibility index (Phi) is 5.03. The molecule has 0 amide bonds. The number of Topliss-reactive ketones (excluding diaryl/α,β-unsaturated/α-hetero) is 1. The largest absolute Gasteiger partial charge is 0.395 e. The predicted octanol–water partition coefficient (Wildman–Crippen LogP) is 1.95. The molecule has 0 heterocycles. The number of aliphatic hydroxyl groups is 1. The van der Waals surface area contributed by atoms with Gasteiger partial charge in [-0.15, -0.1) is 0 Å². The number of ketones is 1. The minimum atomic E-state index is -2.51. The van der Waals surface area contributed by atoms with E-state index in [2.05, 4.69) is 0 Å². The number of anilines is 1. The molecule has 17 heavy (non-hydrogen) atoms. The second kappa shape index (κ2) is 6.30. The molecule has 0 unspecified atom stereocenters. The van der Waals surface area contributed by atoms with Crippen molar-refractivity contribution in [1.82, 2.24) is 0 Å². The van der Waals surface area contributed by atoms with E-state index in [1.54, 1.807) is 24.3 Å². The fourth-order valence-corrected chi connectivity index (χ4v) is 1.64. The minimum absolute atomic E-state index is 0.0780. The maximum Gasteiger partial charge on any atom is 0.255 e. The van der Waals surface area contributed by atoms with E-state index < -0.39 is 13.0 Å². The van der Waals surface area contributed by atoms with Crippen molar-refractivity contribution in [2.75, 3.05) is 24.6 Å². The number of para-hydroxylation sites is 1. The van der Waals surface area contributed by atoms with Gasteiger partial charge in [0.2, 0.25) is 0 Å². The third kappa shape index (κ3) is 3.78. The van der Waals surface area contributed by atoms with Gasteiger partial charge in [0.15, 0.2) is 5.78 Å². The quantitative estimate of drug-likeness (QED) is 0.776. The molecule has 0 spiro atoms. The molecule has 1 aromatic carbocycles. The number of hydrogen-bond donors (Lipinski definition) is 1. The van der Waals surface area contributed by atoms with Gasteiger partial charge < -0.3 is 10.0 Å². The van der Waals surface area contributed by atoms with Gasteiger partial charge in [-0.1, -0.05) is 12.1 Å². The topological polar surface area (TPSA) is 40.5 Å². The van der Waals surface area contributed by atoms with Crippen LogP contribution in [0.1, 0.15) is 17.3 Å². The lowest BCUT2D eigenvalue weighted by Crippen LogP contribution is -2.32. The van der Waals surface area contributed by atoms with Crippen LogP contribution in [0.3, 0.4) is 0 Å². The first kappa shape index (κ1) is 13.6. The maximum absolute atomic E-state index is 12.4. The normalized spacial score (nSPS) is 10.6. The van der Waals surface area contributed by atoms with Crippen molar-refractivity contribution in [1.29, 1.82) is 0 Å². The third-order valence-electron chi connectivity index (χ3n) is 2.35. The Labute approximate surface area is 98.7 Å². The molecule has 0 fully saturated rings. The molecule has 94 valence electrons. The van der Waals surface area contributed by atoms with E-state index in [-0.39, 0.29) is 18.9 Å². The lowest BCUT2D eigenvalue weighted by molar-refractivity contribution is 0.101. The lowest BCUT2D eigenvalue weighted by atomic mass is 10.1. The van der Waals surface area contributed by atoms with E-state index >= 15 is 0 Å². The maximum atomic E-state index is 12.4. The van der Waals surface area contributed by atoms with Crippen LogP contribution >= 0.6 is 0 Å². The van der Waals surface area contributed by atoms with Gasteiger partial charge in [-0.05, 0) is 19.1 Å². The molecule has 0 atom stereocenters. The molecule has 0 aromatic heterocycles. The Morgan fingerprint density at radius 1 is 1.41 bits per heavy atom. The van der Waals surface area contributed by atoms with E-state index in [4.69, 9.17) is 5.11 Å². The van der Waals surface area contributed by atoms with Crippen molar-refractivity contribution in [2.24, 2.45) is 0 Å². The van der Waals surface area contributed by atoms with Crippen LogP contribution in [-0.2, 0) is 0 Å². The van der Waals surface area contributed by atoms with Crippen LogP contribution in [0.15, 0.2) is 24.3 Å². The molecule has 0 radical (unpaired) electrons. The van der Waals surface area contributed by atoms with Crippen molar-refractivity contribution in [2.45, 2.75) is 13.3 Å². The molecule has 5 heteroatoms. The van der Waals surface area contributed by atoms with Crippen molar-refractivity contribution in [3.63, 3.8) is 0 Å². The van der Waals surface area contributed by atoms with Crippen LogP contribution < -0.4 is 4.90 Å². The van der Waals surface area contributed by atoms with E-state index in [1.807, 2.05) is 0 Å². The molecule has 0 aliphatic heterocycles. The second-order valence-corrected chi connectivity index (χ2v) is 3.63. The van der Waals surface area contributed by atoms with Crippen LogP contribution in [0.2, 0.25) is 0 Å². The first-order valence-corrected chi connectivity index (χ1v) is 5.30. The fraction of sp³-hybridized carbons (Fsp3) is 0.417. The number of carbonyl (C=O) groups excluding carboxylic acids is 1. The highest BCUT2D eigenvalue weighted by atomic mass is 19.3. The van der Waals surface area contributed by atoms with Crippen molar-refractivity contribution < 1.29 is 18.7 Å². The Morgan fingerprint density at radius 2 is 2.06 bits per heavy atom. The summed E-state index contributed by atoms with van der Waals surface area (Å²) in [5.41, 5.74) is 0.830. The molecular weight excluding hydrogens is 228 g/mol. The Morgan fingerprint density at radius 3 is 2.59 bits per heavy atom. The highest BCUT2D eigenvalue weighted by molar-refractivity contribution is 5.99. The van der Waals surface area contributed by atoms with Crippen LogP contribution in [0, 0.1) is 0 Å². The zero-order valence-electron chi connectivity index (χ0n) is 9.57. The first-order chi connectivity index (χ1) is 8.06. The van der Waals surface area contributed by atoms with Crippen LogP contribution in [0.25, 0.3) is 0 Å². The van der Waals surface area contributed by atoms with Gasteiger partial charge in [0.05, 0.1) is 13.2 Å². The first-order valence-electron chi connectivity index (χ1n) is 5.30. The molecular formula is C12H15F2NO2. The van der Waals surface area contributed by atoms with E-state index in [0.717, 1.165) is 0 Å². The summed E-state index contributed by atoms with van der Waals surface area (Å²) in [7, 11) is 0. The predicted molar refractivity (Wildman–Crippen MR) is 61.7 cm³/mol. The zero-order chi connectivity index (χ0) is 12.8. The monoisotopic (exact) mass is 243 g/mol. The van der Waals surface area contributed by atoms with Gasteiger partial charge >= 0.3 is 0 Å². The van der Waals surface area contributed by atoms with Gasteiger partial charge in [0, 0.05) is 17.8 Å². The molecule has 0 saturated heterocycles. The number of halogens is 2. The van der Waals surface area contributed by atoms with Crippen LogP contribution in [-0.4, -0.2) is 37.0 Å². The average molecular weight is 243 g/mol. The Bertz CT molecular complexity index is 383. The van der Waals surface area contributed by atoms with Crippen molar-refractivity contribution >= 4 is 11.5 Å². The van der Waals surface area contributed by atoms with Crippen LogP contribution in [0.5, 0.6) is 0 Å². The van der Waals surface area contributed by atoms with E-state index in [1.165, 1.54) is 11.8 Å². The summed E-state index contributed by atoms with van der Waals surface area (Å²) in [5.74, 6) is -0.183. The molecule has 0 aliphatic carbocycles. The zero-order valence-corrected chi connectivity index (χ0v) is 9.57. The second-order valence-electron chi connectivity index (χ2n) is 3.63. The molecule has 0 bridgehead atoms. The number of nitrogens with zero attached hydrogens (tertiary/aromatic N) is 1. The van der Waals surface area contributed by atoms with Crippen molar-refractivity contribution in [3.05, 3.63) is 29.8 Å². The van der Waals surface area contributed by atoms with Gasteiger partial charge in [-0.2, -0.15) is 0 Å². The lowest BCUT2D eigenvalue weighted by Gasteiger charge is -2.25. The molecule has 0 aliphatic rings. The summed E-state index contributed by atoms with van der Waals surface area (Å²) in [6.45, 7) is 0.733. The summed E-state index contributed by atoms with van der Waals surface area (Å²) in [5, 5.41) is 8.87. The summed E-state index contributed by atoms with van der Waals surface area (Å²) >= 11 is 0. The highest BCUT2D eigenvalue weighted by Gasteiger charge is 2.16. The molecule has 1 N–H and O–H groups in total. The number of alkyl halides is 2. The molecule has 0 saturated carbocycles. The van der Waals surface area contributed by atoms with Gasteiger partial charge in [0.25, 0.3) is 6.43 Å². The highest BCUT2D eigenvalue weighted by Crippen LogP contribution is 2.21. The number of aliphatic hydroxyl groups excluding tert-OH is 1. The third-order valence-corrected chi connectivity index (χ3v) is 2.35. The van der Waals surface area contributed by atoms with Gasteiger partial charge in [0.1, 0.15) is 0 Å². The summed E-state index contributed by atoms with van der Waals surface area (Å²) in [6.07, 6.45) is -2.51. The molecule has 1 aromatic rings. The molecule has 3 nitrogen and oxygen atoms in total. The van der Waals surface area contributed by atoms with E-state index in [0.29, 0.717) is 11.3 Å². The summed E-state index contributed by atoms with van der Waals surface area (Å²) in [6, 6.07) is 6.56. The summed E-state index contributed by atoms with van der Waals surface area (Å²) < 4.78 is 24.8. The van der Waals surface area contributed by atoms with Crippen LogP contribution in [0.4, 0.5) is 14.5 Å². The molecule has 1 rings (SSSR count). The summed E-state index contributed by atoms with van der Waals surface area (Å²) in [4.78, 5) is 12.7. The van der Waals surface area contributed by atoms with Gasteiger partial charge in [-0.3, -0.25) is 4.79 Å². The Hall–Kier alpha value is -1.49. The SMILES string of the molecule is CC(=O)c1ccccc1N(CCO)CC(F)F. The number of carbonyl (C=O) groups is 1. The minimum Gasteiger partial charge on any atom is -0.395 e. The number of benzene rings is 1. The fourth-order valence-electron chi connectivity index (χ4n) is 1.64. The van der Waals surface area contributed by atoms with Crippen molar-refractivity contribution in [3.8, 4) is 0 Å². The smallest absolute Gasteiger partial charge is 0.255 e. The standard InChI is InChI=1S/C12H15F2NO2/c1-9(17)10-4-2-3-5-11(10)15(6-7-16)8-12(13)14/h2-5,12,16H,6-8H2,1H3. The van der Waals surface area contributed by atoms with E-state index in [9.17, 15) is 13.6 Å².